The van der Waals surface area contributed by atoms with Crippen molar-refractivity contribution in [3.63, 3.8) is 0 Å². The number of benzene rings is 1. The molecule has 5 heteroatoms. The van der Waals surface area contributed by atoms with Crippen LogP contribution in [0.25, 0.3) is 10.6 Å². The molecule has 0 radical (unpaired) electrons. The van der Waals surface area contributed by atoms with Gasteiger partial charge >= 0.3 is 0 Å². The van der Waals surface area contributed by atoms with Gasteiger partial charge in [-0.3, -0.25) is 0 Å². The van der Waals surface area contributed by atoms with Crippen molar-refractivity contribution in [2.24, 2.45) is 0 Å². The van der Waals surface area contributed by atoms with Gasteiger partial charge in [-0.2, -0.15) is 5.26 Å². The van der Waals surface area contributed by atoms with E-state index in [-0.39, 0.29) is 0 Å². The van der Waals surface area contributed by atoms with Crippen LogP contribution in [-0.4, -0.2) is 18.2 Å². The zero-order chi connectivity index (χ0) is 13.5. The van der Waals surface area contributed by atoms with Crippen LogP contribution in [0.1, 0.15) is 10.6 Å². The van der Waals surface area contributed by atoms with Gasteiger partial charge in [-0.25, -0.2) is 4.98 Å². The van der Waals surface area contributed by atoms with E-state index in [4.69, 9.17) is 4.74 Å². The highest BCUT2D eigenvalue weighted by Gasteiger charge is 2.44. The molecule has 0 atom stereocenters. The Morgan fingerprint density at radius 3 is 2.74 bits per heavy atom. The van der Waals surface area contributed by atoms with Crippen molar-refractivity contribution < 1.29 is 4.74 Å². The lowest BCUT2D eigenvalue weighted by molar-refractivity contribution is -0.0284. The van der Waals surface area contributed by atoms with Crippen LogP contribution in [0.15, 0.2) is 28.7 Å². The molecule has 1 fully saturated rings. The third kappa shape index (κ3) is 2.00. The summed E-state index contributed by atoms with van der Waals surface area (Å²) in [7, 11) is 0. The van der Waals surface area contributed by atoms with Crippen molar-refractivity contribution in [2.75, 3.05) is 13.2 Å². The van der Waals surface area contributed by atoms with Gasteiger partial charge in [0.2, 0.25) is 0 Å². The molecule has 0 bridgehead atoms. The molecule has 1 aliphatic heterocycles. The molecule has 19 heavy (non-hydrogen) atoms. The van der Waals surface area contributed by atoms with E-state index in [1.165, 1.54) is 0 Å². The van der Waals surface area contributed by atoms with Gasteiger partial charge in [0.25, 0.3) is 0 Å². The van der Waals surface area contributed by atoms with E-state index < -0.39 is 5.41 Å². The minimum absolute atomic E-state index is 0.474. The van der Waals surface area contributed by atoms with E-state index in [0.717, 1.165) is 25.6 Å². The van der Waals surface area contributed by atoms with E-state index in [1.54, 1.807) is 11.3 Å². The zero-order valence-electron chi connectivity index (χ0n) is 10.3. The summed E-state index contributed by atoms with van der Waals surface area (Å²) in [6, 6.07) is 10.4. The summed E-state index contributed by atoms with van der Waals surface area (Å²) in [6.45, 7) is 2.91. The number of aryl methyl sites for hydroxylation is 1. The van der Waals surface area contributed by atoms with Gasteiger partial charge < -0.3 is 4.74 Å². The summed E-state index contributed by atoms with van der Waals surface area (Å²) in [5, 5.41) is 10.3. The lowest BCUT2D eigenvalue weighted by Crippen LogP contribution is -2.45. The molecule has 0 spiro atoms. The third-order valence-electron chi connectivity index (χ3n) is 3.25. The highest BCUT2D eigenvalue weighted by Crippen LogP contribution is 2.41. The van der Waals surface area contributed by atoms with Crippen LogP contribution in [-0.2, 0) is 10.2 Å². The maximum absolute atomic E-state index is 9.39. The van der Waals surface area contributed by atoms with Crippen LogP contribution in [0, 0.1) is 18.3 Å². The van der Waals surface area contributed by atoms with E-state index >= 15 is 0 Å². The minimum Gasteiger partial charge on any atom is -0.377 e. The van der Waals surface area contributed by atoms with E-state index in [0.29, 0.717) is 13.2 Å². The number of aromatic nitrogens is 1. The molecular formula is C14H11BrN2OS. The normalized spacial score (nSPS) is 16.7. The van der Waals surface area contributed by atoms with Gasteiger partial charge in [-0.15, -0.1) is 11.3 Å². The summed E-state index contributed by atoms with van der Waals surface area (Å²) >= 11 is 5.13. The molecule has 96 valence electrons. The summed E-state index contributed by atoms with van der Waals surface area (Å²) in [4.78, 5) is 5.65. The number of thiazole rings is 1. The maximum Gasteiger partial charge on any atom is 0.140 e. The topological polar surface area (TPSA) is 45.9 Å². The minimum atomic E-state index is -0.485. The van der Waals surface area contributed by atoms with Gasteiger partial charge in [-0.05, 0) is 13.0 Å². The second kappa shape index (κ2) is 4.71. The fourth-order valence-electron chi connectivity index (χ4n) is 2.14. The summed E-state index contributed by atoms with van der Waals surface area (Å²) in [5.74, 6) is 0. The number of nitrogens with zero attached hydrogens (tertiary/aromatic N) is 2. The van der Waals surface area contributed by atoms with Gasteiger partial charge in [0.05, 0.1) is 29.9 Å². The predicted molar refractivity (Wildman–Crippen MR) is 78.1 cm³/mol. The fourth-order valence-corrected chi connectivity index (χ4v) is 3.96. The van der Waals surface area contributed by atoms with Crippen LogP contribution in [0.2, 0.25) is 0 Å². The Labute approximate surface area is 124 Å². The quantitative estimate of drug-likeness (QED) is 0.841. The van der Waals surface area contributed by atoms with Crippen LogP contribution in [0.4, 0.5) is 0 Å². The molecule has 0 unspecified atom stereocenters. The average molecular weight is 335 g/mol. The molecule has 2 aromatic rings. The summed E-state index contributed by atoms with van der Waals surface area (Å²) in [6.07, 6.45) is 0. The number of nitriles is 1. The number of hydrogen-bond donors (Lipinski definition) is 0. The van der Waals surface area contributed by atoms with Gasteiger partial charge in [0.1, 0.15) is 10.4 Å². The molecular weight excluding hydrogens is 324 g/mol. The van der Waals surface area contributed by atoms with Gasteiger partial charge in [0, 0.05) is 10.0 Å². The molecule has 3 nitrogen and oxygen atoms in total. The Kier molecular flexibility index (Phi) is 3.17. The Balaban J connectivity index is 2.08. The van der Waals surface area contributed by atoms with Crippen molar-refractivity contribution >= 4 is 27.3 Å². The second-order valence-corrected chi connectivity index (χ2v) is 6.45. The lowest BCUT2D eigenvalue weighted by atomic mass is 9.85. The van der Waals surface area contributed by atoms with Crippen molar-refractivity contribution in [1.82, 2.24) is 4.98 Å². The van der Waals surface area contributed by atoms with Crippen LogP contribution < -0.4 is 0 Å². The first-order valence-electron chi connectivity index (χ1n) is 5.88. The smallest absolute Gasteiger partial charge is 0.140 e. The van der Waals surface area contributed by atoms with Crippen molar-refractivity contribution in [1.29, 1.82) is 5.26 Å². The maximum atomic E-state index is 9.39. The Hall–Kier alpha value is -1.22. The van der Waals surface area contributed by atoms with E-state index in [9.17, 15) is 5.26 Å². The molecule has 2 heterocycles. The molecule has 1 aromatic carbocycles. The molecule has 0 saturated carbocycles. The van der Waals surface area contributed by atoms with Gasteiger partial charge in [0.15, 0.2) is 0 Å². The fraction of sp³-hybridized carbons (Fsp3) is 0.286. The SMILES string of the molecule is Cc1nc(-c2ccccc2Br)sc1C1(C#N)COC1. The zero-order valence-corrected chi connectivity index (χ0v) is 12.7. The molecule has 1 aliphatic rings. The van der Waals surface area contributed by atoms with Crippen molar-refractivity contribution in [3.05, 3.63) is 39.3 Å². The van der Waals surface area contributed by atoms with E-state index in [1.807, 2.05) is 31.2 Å². The first-order chi connectivity index (χ1) is 9.16. The average Bonchev–Trinajstić information content (AvgIpc) is 2.72. The first kappa shape index (κ1) is 12.8. The molecule has 0 amide bonds. The molecule has 3 rings (SSSR count). The Morgan fingerprint density at radius 1 is 1.42 bits per heavy atom. The Bertz CT molecular complexity index is 670. The first-order valence-corrected chi connectivity index (χ1v) is 7.49. The molecule has 1 aromatic heterocycles. The Morgan fingerprint density at radius 2 is 2.16 bits per heavy atom. The van der Waals surface area contributed by atoms with Crippen molar-refractivity contribution in [2.45, 2.75) is 12.3 Å². The molecule has 0 aliphatic carbocycles. The summed E-state index contributed by atoms with van der Waals surface area (Å²) in [5.41, 5.74) is 1.51. The van der Waals surface area contributed by atoms with E-state index in [2.05, 4.69) is 27.0 Å². The number of halogens is 1. The van der Waals surface area contributed by atoms with Gasteiger partial charge in [-0.1, -0.05) is 34.1 Å². The molecule has 0 N–H and O–H groups in total. The van der Waals surface area contributed by atoms with Crippen LogP contribution in [0.3, 0.4) is 0 Å². The van der Waals surface area contributed by atoms with Crippen molar-refractivity contribution in [3.8, 4) is 16.6 Å². The predicted octanol–water partition coefficient (Wildman–Crippen LogP) is 3.67. The largest absolute Gasteiger partial charge is 0.377 e. The second-order valence-electron chi connectivity index (χ2n) is 4.60. The number of rotatable bonds is 2. The highest BCUT2D eigenvalue weighted by molar-refractivity contribution is 9.10. The van der Waals surface area contributed by atoms with Crippen LogP contribution in [0.5, 0.6) is 0 Å². The highest BCUT2D eigenvalue weighted by atomic mass is 79.9. The standard InChI is InChI=1S/C14H11BrN2OS/c1-9-12(14(6-16)7-18-8-14)19-13(17-9)10-4-2-3-5-11(10)15/h2-5H,7-8H2,1H3. The number of ether oxygens (including phenoxy) is 1. The number of hydrogen-bond acceptors (Lipinski definition) is 4. The summed E-state index contributed by atoms with van der Waals surface area (Å²) < 4.78 is 6.24. The lowest BCUT2D eigenvalue weighted by Gasteiger charge is -2.34. The van der Waals surface area contributed by atoms with Crippen LogP contribution >= 0.6 is 27.3 Å². The monoisotopic (exact) mass is 334 g/mol. The third-order valence-corrected chi connectivity index (χ3v) is 5.33. The molecule has 1 saturated heterocycles.